The van der Waals surface area contributed by atoms with E-state index < -0.39 is 23.1 Å². The second kappa shape index (κ2) is 7.63. The van der Waals surface area contributed by atoms with Gasteiger partial charge in [-0.15, -0.1) is 21.5 Å². The van der Waals surface area contributed by atoms with Gasteiger partial charge < -0.3 is 5.11 Å². The number of aryl methyl sites for hydroxylation is 1. The molecule has 2 N–H and O–H groups in total. The fraction of sp³-hybridized carbons (Fsp3) is 0.167. The van der Waals surface area contributed by atoms with Gasteiger partial charge in [0.05, 0.1) is 0 Å². The van der Waals surface area contributed by atoms with Crippen LogP contribution in [0.5, 0.6) is 0 Å². The molecule has 0 bridgehead atoms. The van der Waals surface area contributed by atoms with Crippen LogP contribution >= 0.6 is 22.7 Å². The van der Waals surface area contributed by atoms with Crippen molar-refractivity contribution in [2.45, 2.75) is 19.4 Å². The molecule has 0 aliphatic heterocycles. The fourth-order valence-corrected chi connectivity index (χ4v) is 4.29. The number of carbonyl (C=O) groups excluding carboxylic acids is 1. The van der Waals surface area contributed by atoms with Gasteiger partial charge in [-0.2, -0.15) is 5.10 Å². The number of carbonyl (C=O) groups is 1. The number of benzene rings is 1. The lowest BCUT2D eigenvalue weighted by molar-refractivity contribution is 0.100. The van der Waals surface area contributed by atoms with Crippen LogP contribution in [0.3, 0.4) is 0 Å². The zero-order valence-electron chi connectivity index (χ0n) is 15.6. The predicted octanol–water partition coefficient (Wildman–Crippen LogP) is 3.28. The Bertz CT molecular complexity index is 1210. The van der Waals surface area contributed by atoms with Crippen molar-refractivity contribution < 1.29 is 18.7 Å². The minimum absolute atomic E-state index is 0.0725. The van der Waals surface area contributed by atoms with Gasteiger partial charge in [0.25, 0.3) is 5.91 Å². The number of thiazole rings is 1. The summed E-state index contributed by atoms with van der Waals surface area (Å²) in [5.74, 6) is -2.25. The van der Waals surface area contributed by atoms with Gasteiger partial charge in [-0.1, -0.05) is 17.4 Å². The van der Waals surface area contributed by atoms with Crippen LogP contribution in [-0.4, -0.2) is 36.0 Å². The first-order valence-electron chi connectivity index (χ1n) is 8.56. The van der Waals surface area contributed by atoms with Crippen LogP contribution in [-0.2, 0) is 5.60 Å². The summed E-state index contributed by atoms with van der Waals surface area (Å²) >= 11 is 2.27. The maximum Gasteiger partial charge on any atom is 0.277 e. The van der Waals surface area contributed by atoms with E-state index in [0.717, 1.165) is 33.8 Å². The summed E-state index contributed by atoms with van der Waals surface area (Å²) in [5, 5.41) is 27.7. The molecule has 1 atom stereocenters. The van der Waals surface area contributed by atoms with E-state index in [1.807, 2.05) is 12.3 Å². The van der Waals surface area contributed by atoms with Crippen molar-refractivity contribution >= 4 is 33.7 Å². The normalized spacial score (nSPS) is 13.2. The van der Waals surface area contributed by atoms with Gasteiger partial charge in [0.15, 0.2) is 27.9 Å². The monoisotopic (exact) mass is 448 g/mol. The fourth-order valence-electron chi connectivity index (χ4n) is 2.58. The number of aromatic nitrogens is 5. The minimum atomic E-state index is -1.45. The van der Waals surface area contributed by atoms with Crippen LogP contribution in [0.2, 0.25) is 0 Å². The molecule has 0 aliphatic carbocycles. The molecule has 0 fully saturated rings. The van der Waals surface area contributed by atoms with Crippen LogP contribution < -0.4 is 5.32 Å². The number of nitrogens with one attached hydrogen (secondary N) is 1. The molecule has 0 saturated heterocycles. The van der Waals surface area contributed by atoms with Gasteiger partial charge >= 0.3 is 0 Å². The zero-order chi connectivity index (χ0) is 21.5. The van der Waals surface area contributed by atoms with Crippen molar-refractivity contribution in [1.29, 1.82) is 0 Å². The molecule has 154 valence electrons. The molecule has 0 saturated carbocycles. The Labute approximate surface area is 176 Å². The molecule has 3 aromatic heterocycles. The summed E-state index contributed by atoms with van der Waals surface area (Å²) in [5.41, 5.74) is -1.14. The predicted molar refractivity (Wildman–Crippen MR) is 107 cm³/mol. The highest BCUT2D eigenvalue weighted by Gasteiger charge is 2.33. The Morgan fingerprint density at radius 2 is 1.93 bits per heavy atom. The van der Waals surface area contributed by atoms with Crippen LogP contribution in [0.4, 0.5) is 13.9 Å². The Morgan fingerprint density at radius 1 is 1.20 bits per heavy atom. The van der Waals surface area contributed by atoms with E-state index in [4.69, 9.17) is 0 Å². The Morgan fingerprint density at radius 3 is 2.60 bits per heavy atom. The molecule has 30 heavy (non-hydrogen) atoms. The molecule has 4 aromatic rings. The van der Waals surface area contributed by atoms with Crippen molar-refractivity contribution in [2.24, 2.45) is 0 Å². The summed E-state index contributed by atoms with van der Waals surface area (Å²) in [6.45, 7) is 3.36. The molecular formula is C18H14F2N6O2S2. The van der Waals surface area contributed by atoms with Crippen molar-refractivity contribution in [3.8, 4) is 5.69 Å². The Balaban J connectivity index is 1.53. The number of nitrogens with zero attached hydrogens (tertiary/aromatic N) is 5. The third-order valence-corrected chi connectivity index (χ3v) is 6.31. The molecule has 8 nitrogen and oxygen atoms in total. The van der Waals surface area contributed by atoms with Crippen LogP contribution in [0.1, 0.15) is 33.1 Å². The molecule has 12 heteroatoms. The third-order valence-electron chi connectivity index (χ3n) is 4.09. The lowest BCUT2D eigenvalue weighted by Gasteiger charge is -2.16. The molecule has 0 spiro atoms. The van der Waals surface area contributed by atoms with E-state index in [1.54, 1.807) is 6.92 Å². The lowest BCUT2D eigenvalue weighted by Crippen LogP contribution is -2.22. The lowest BCUT2D eigenvalue weighted by atomic mass is 10.1. The number of anilines is 1. The van der Waals surface area contributed by atoms with Gasteiger partial charge in [0.2, 0.25) is 5.13 Å². The number of amides is 1. The van der Waals surface area contributed by atoms with Gasteiger partial charge in [-0.25, -0.2) is 18.4 Å². The first kappa shape index (κ1) is 20.2. The summed E-state index contributed by atoms with van der Waals surface area (Å²) in [7, 11) is 0. The van der Waals surface area contributed by atoms with E-state index in [-0.39, 0.29) is 21.5 Å². The molecule has 0 radical (unpaired) electrons. The smallest absolute Gasteiger partial charge is 0.277 e. The second-order valence-electron chi connectivity index (χ2n) is 6.45. The molecule has 1 amide bonds. The average molecular weight is 448 g/mol. The van der Waals surface area contributed by atoms with Crippen LogP contribution in [0.15, 0.2) is 35.8 Å². The number of para-hydroxylation sites is 1. The number of halogens is 2. The van der Waals surface area contributed by atoms with Crippen LogP contribution in [0.25, 0.3) is 5.69 Å². The number of rotatable bonds is 5. The van der Waals surface area contributed by atoms with E-state index in [2.05, 4.69) is 25.6 Å². The van der Waals surface area contributed by atoms with Crippen molar-refractivity contribution in [2.75, 3.05) is 5.32 Å². The maximum absolute atomic E-state index is 13.9. The van der Waals surface area contributed by atoms with E-state index in [0.29, 0.717) is 5.01 Å². The second-order valence-corrected chi connectivity index (χ2v) is 8.28. The van der Waals surface area contributed by atoms with Crippen molar-refractivity contribution in [3.05, 3.63) is 68.9 Å². The highest BCUT2D eigenvalue weighted by Crippen LogP contribution is 2.34. The molecule has 1 aromatic carbocycles. The maximum atomic E-state index is 13.9. The summed E-state index contributed by atoms with van der Waals surface area (Å²) in [6, 6.07) is 4.74. The van der Waals surface area contributed by atoms with E-state index >= 15 is 0 Å². The van der Waals surface area contributed by atoms with Crippen LogP contribution in [0, 0.1) is 18.6 Å². The van der Waals surface area contributed by atoms with Crippen molar-refractivity contribution in [1.82, 2.24) is 25.0 Å². The van der Waals surface area contributed by atoms with Gasteiger partial charge in [0, 0.05) is 17.3 Å². The molecular weight excluding hydrogens is 434 g/mol. The van der Waals surface area contributed by atoms with E-state index in [1.165, 1.54) is 29.7 Å². The van der Waals surface area contributed by atoms with E-state index in [9.17, 15) is 18.7 Å². The third kappa shape index (κ3) is 3.72. The summed E-state index contributed by atoms with van der Waals surface area (Å²) < 4.78 is 28.8. The topological polar surface area (TPSA) is 106 Å². The Hall–Kier alpha value is -3.09. The zero-order valence-corrected chi connectivity index (χ0v) is 17.3. The van der Waals surface area contributed by atoms with Gasteiger partial charge in [0.1, 0.15) is 10.7 Å². The SMILES string of the molecule is Cc1csc(C(C)(O)c2nnc(NC(=O)c3ccn(-c4c(F)cccc4F)n3)s2)n1. The number of hydrogen-bond acceptors (Lipinski definition) is 8. The van der Waals surface area contributed by atoms with Crippen molar-refractivity contribution in [3.63, 3.8) is 0 Å². The largest absolute Gasteiger partial charge is 0.376 e. The summed E-state index contributed by atoms with van der Waals surface area (Å²) in [6.07, 6.45) is 1.28. The van der Waals surface area contributed by atoms with Gasteiger partial charge in [-0.3, -0.25) is 10.1 Å². The Kier molecular flexibility index (Phi) is 5.13. The molecule has 0 aliphatic rings. The molecule has 3 heterocycles. The number of aliphatic hydroxyl groups is 1. The average Bonchev–Trinajstić information content (AvgIpc) is 3.42. The standard InChI is InChI=1S/C18H14F2N6O2S2/c1-9-8-29-15(21-9)18(2,28)16-23-24-17(30-16)22-14(27)12-6-7-26(25-12)13-10(19)4-3-5-11(13)20/h3-8,28H,1-2H3,(H,22,24,27). The van der Waals surface area contributed by atoms with Gasteiger partial charge in [-0.05, 0) is 32.0 Å². The minimum Gasteiger partial charge on any atom is -0.376 e. The highest BCUT2D eigenvalue weighted by atomic mass is 32.1. The summed E-state index contributed by atoms with van der Waals surface area (Å²) in [4.78, 5) is 16.7. The number of hydrogen-bond donors (Lipinski definition) is 2. The highest BCUT2D eigenvalue weighted by molar-refractivity contribution is 7.16. The first-order chi connectivity index (χ1) is 14.3. The quantitative estimate of drug-likeness (QED) is 0.485. The first-order valence-corrected chi connectivity index (χ1v) is 10.3. The molecule has 1 unspecified atom stereocenters. The molecule has 4 rings (SSSR count).